The Morgan fingerprint density at radius 1 is 0.971 bits per heavy atom. The van der Waals surface area contributed by atoms with Gasteiger partial charge in [0.25, 0.3) is 0 Å². The smallest absolute Gasteiger partial charge is 0.340 e. The summed E-state index contributed by atoms with van der Waals surface area (Å²) in [4.78, 5) is 30.1. The van der Waals surface area contributed by atoms with E-state index in [1.807, 2.05) is 6.07 Å². The summed E-state index contributed by atoms with van der Waals surface area (Å²) in [5, 5.41) is 0.0193. The Hall–Kier alpha value is -4.27. The molecule has 9 heteroatoms. The molecule has 0 N–H and O–H groups in total. The molecule has 0 unspecified atom stereocenters. The van der Waals surface area contributed by atoms with Crippen LogP contribution in [0.15, 0.2) is 48.8 Å². The van der Waals surface area contributed by atoms with E-state index in [2.05, 4.69) is 19.9 Å². The van der Waals surface area contributed by atoms with Crippen LogP contribution in [-0.2, 0) is 4.74 Å². The summed E-state index contributed by atoms with van der Waals surface area (Å²) < 4.78 is 36.3. The number of hydrogen-bond donors (Lipinski definition) is 0. The number of rotatable bonds is 4. The third-order valence-electron chi connectivity index (χ3n) is 5.51. The first-order valence-electron chi connectivity index (χ1n) is 10.6. The Bertz CT molecular complexity index is 1600. The fourth-order valence-corrected chi connectivity index (χ4v) is 4.09. The lowest BCUT2D eigenvalue weighted by atomic mass is 10.0. The van der Waals surface area contributed by atoms with Crippen molar-refractivity contribution in [3.63, 3.8) is 0 Å². The highest BCUT2D eigenvalue weighted by Crippen LogP contribution is 2.33. The maximum absolute atomic E-state index is 14.9. The van der Waals surface area contributed by atoms with Gasteiger partial charge in [0.15, 0.2) is 0 Å². The number of benzene rings is 2. The molecule has 3 heterocycles. The van der Waals surface area contributed by atoms with E-state index < -0.39 is 17.6 Å². The number of halogens is 2. The lowest BCUT2D eigenvalue weighted by Gasteiger charge is -2.13. The largest absolute Gasteiger partial charge is 0.462 e. The van der Waals surface area contributed by atoms with Crippen molar-refractivity contribution in [1.82, 2.24) is 24.5 Å². The molecule has 0 aliphatic heterocycles. The Morgan fingerprint density at radius 2 is 1.74 bits per heavy atom. The van der Waals surface area contributed by atoms with Crippen LogP contribution in [-0.4, -0.2) is 37.1 Å². The average Bonchev–Trinajstić information content (AvgIpc) is 3.16. The van der Waals surface area contributed by atoms with E-state index in [1.165, 1.54) is 6.20 Å². The summed E-state index contributed by atoms with van der Waals surface area (Å²) in [7, 11) is 0. The molecule has 34 heavy (non-hydrogen) atoms. The molecule has 0 fully saturated rings. The fourth-order valence-electron chi connectivity index (χ4n) is 4.09. The average molecular weight is 459 g/mol. The molecule has 0 spiro atoms. The topological polar surface area (TPSA) is 82.8 Å². The molecule has 0 saturated heterocycles. The molecule has 0 aliphatic rings. The molecule has 0 bridgehead atoms. The molecule has 0 radical (unpaired) electrons. The number of imidazole rings is 1. The quantitative estimate of drug-likeness (QED) is 0.348. The lowest BCUT2D eigenvalue weighted by molar-refractivity contribution is 0.0528. The van der Waals surface area contributed by atoms with Crippen LogP contribution in [0, 0.1) is 25.5 Å². The van der Waals surface area contributed by atoms with Gasteiger partial charge >= 0.3 is 5.97 Å². The van der Waals surface area contributed by atoms with E-state index in [1.54, 1.807) is 49.7 Å². The number of aryl methyl sites for hydroxylation is 2. The zero-order chi connectivity index (χ0) is 24.0. The van der Waals surface area contributed by atoms with E-state index in [-0.39, 0.29) is 23.1 Å². The number of fused-ring (bicyclic) bond motifs is 2. The van der Waals surface area contributed by atoms with E-state index in [9.17, 15) is 13.6 Å². The van der Waals surface area contributed by atoms with Gasteiger partial charge in [0.05, 0.1) is 34.5 Å². The van der Waals surface area contributed by atoms with Gasteiger partial charge in [-0.15, -0.1) is 0 Å². The summed E-state index contributed by atoms with van der Waals surface area (Å²) in [5.41, 5.74) is 2.64. The van der Waals surface area contributed by atoms with Crippen molar-refractivity contribution in [2.45, 2.75) is 20.8 Å². The zero-order valence-electron chi connectivity index (χ0n) is 18.6. The minimum Gasteiger partial charge on any atom is -0.462 e. The van der Waals surface area contributed by atoms with Crippen LogP contribution in [0.25, 0.3) is 38.9 Å². The number of aromatic nitrogens is 5. The van der Waals surface area contributed by atoms with Gasteiger partial charge in [-0.3, -0.25) is 9.55 Å². The van der Waals surface area contributed by atoms with Crippen molar-refractivity contribution in [2.75, 3.05) is 6.61 Å². The second-order valence-corrected chi connectivity index (χ2v) is 7.68. The predicted molar refractivity (Wildman–Crippen MR) is 123 cm³/mol. The second kappa shape index (κ2) is 8.26. The second-order valence-electron chi connectivity index (χ2n) is 7.68. The summed E-state index contributed by atoms with van der Waals surface area (Å²) >= 11 is 0. The standard InChI is InChI=1S/C25H19F2N5O2/c1-4-34-25(33)16-11-15(19-7-9-28-13(2)30-19)12-21-23(16)31-14(3)32(21)20-8-10-29-24-18(27)6-5-17(26)22(20)24/h5-12H,4H2,1-3H3. The van der Waals surface area contributed by atoms with Crippen LogP contribution in [0.3, 0.4) is 0 Å². The molecule has 3 aromatic heterocycles. The van der Waals surface area contributed by atoms with Gasteiger partial charge in [-0.1, -0.05) is 0 Å². The van der Waals surface area contributed by atoms with Gasteiger partial charge < -0.3 is 4.74 Å². The van der Waals surface area contributed by atoms with Crippen LogP contribution in [0.2, 0.25) is 0 Å². The number of hydrogen-bond acceptors (Lipinski definition) is 6. The van der Waals surface area contributed by atoms with Gasteiger partial charge in [-0.2, -0.15) is 0 Å². The third kappa shape index (κ3) is 3.45. The number of carbonyl (C=O) groups is 1. The summed E-state index contributed by atoms with van der Waals surface area (Å²) in [6, 6.07) is 8.91. The van der Waals surface area contributed by atoms with Crippen molar-refractivity contribution >= 4 is 27.9 Å². The van der Waals surface area contributed by atoms with Crippen molar-refractivity contribution in [1.29, 1.82) is 0 Å². The molecule has 0 amide bonds. The van der Waals surface area contributed by atoms with E-state index in [4.69, 9.17) is 4.74 Å². The highest BCUT2D eigenvalue weighted by atomic mass is 19.1. The normalized spacial score (nSPS) is 11.3. The molecular weight excluding hydrogens is 440 g/mol. The van der Waals surface area contributed by atoms with Gasteiger partial charge in [0.1, 0.15) is 34.3 Å². The SMILES string of the molecule is CCOC(=O)c1cc(-c2ccnc(C)n2)cc2c1nc(C)n2-c1ccnc2c(F)ccc(F)c12. The van der Waals surface area contributed by atoms with Crippen LogP contribution in [0.4, 0.5) is 8.78 Å². The van der Waals surface area contributed by atoms with Gasteiger partial charge in [-0.05, 0) is 57.2 Å². The van der Waals surface area contributed by atoms with Crippen LogP contribution in [0.5, 0.6) is 0 Å². The first kappa shape index (κ1) is 21.6. The predicted octanol–water partition coefficient (Wildman–Crippen LogP) is 5.10. The number of carbonyl (C=O) groups excluding carboxylic acids is 1. The lowest BCUT2D eigenvalue weighted by Crippen LogP contribution is -2.06. The molecular formula is C25H19F2N5O2. The summed E-state index contributed by atoms with van der Waals surface area (Å²) in [5.74, 6) is -0.745. The van der Waals surface area contributed by atoms with E-state index in [0.29, 0.717) is 39.6 Å². The number of pyridine rings is 1. The molecule has 5 aromatic rings. The first-order valence-corrected chi connectivity index (χ1v) is 10.6. The summed E-state index contributed by atoms with van der Waals surface area (Å²) in [6.45, 7) is 5.41. The zero-order valence-corrected chi connectivity index (χ0v) is 18.6. The Kier molecular flexibility index (Phi) is 5.24. The molecule has 170 valence electrons. The Labute approximate surface area is 193 Å². The summed E-state index contributed by atoms with van der Waals surface area (Å²) in [6.07, 6.45) is 3.04. The maximum atomic E-state index is 14.9. The fraction of sp³-hybridized carbons (Fsp3) is 0.160. The number of ether oxygens (including phenoxy) is 1. The minimum atomic E-state index is -0.635. The van der Waals surface area contributed by atoms with E-state index >= 15 is 0 Å². The molecule has 0 atom stereocenters. The van der Waals surface area contributed by atoms with Crippen molar-refractivity contribution in [2.24, 2.45) is 0 Å². The minimum absolute atomic E-state index is 0.0193. The number of nitrogens with zero attached hydrogens (tertiary/aromatic N) is 5. The maximum Gasteiger partial charge on any atom is 0.340 e. The highest BCUT2D eigenvalue weighted by Gasteiger charge is 2.22. The first-order chi connectivity index (χ1) is 16.4. The van der Waals surface area contributed by atoms with Crippen molar-refractivity contribution < 1.29 is 18.3 Å². The van der Waals surface area contributed by atoms with Crippen molar-refractivity contribution in [3.05, 3.63) is 77.6 Å². The third-order valence-corrected chi connectivity index (χ3v) is 5.51. The Morgan fingerprint density at radius 3 is 2.50 bits per heavy atom. The monoisotopic (exact) mass is 459 g/mol. The van der Waals surface area contributed by atoms with Gasteiger partial charge in [-0.25, -0.2) is 28.5 Å². The molecule has 5 rings (SSSR count). The molecule has 2 aromatic carbocycles. The van der Waals surface area contributed by atoms with E-state index in [0.717, 1.165) is 12.1 Å². The van der Waals surface area contributed by atoms with Crippen LogP contribution in [0.1, 0.15) is 28.9 Å². The molecule has 0 saturated carbocycles. The van der Waals surface area contributed by atoms with Gasteiger partial charge in [0, 0.05) is 18.0 Å². The Balaban J connectivity index is 1.88. The van der Waals surface area contributed by atoms with Crippen LogP contribution < -0.4 is 0 Å². The highest BCUT2D eigenvalue weighted by molar-refractivity contribution is 6.05. The van der Waals surface area contributed by atoms with Crippen molar-refractivity contribution in [3.8, 4) is 16.9 Å². The van der Waals surface area contributed by atoms with Gasteiger partial charge in [0.2, 0.25) is 0 Å². The molecule has 0 aliphatic carbocycles. The number of esters is 1. The molecule has 7 nitrogen and oxygen atoms in total. The van der Waals surface area contributed by atoms with Crippen LogP contribution >= 0.6 is 0 Å².